The van der Waals surface area contributed by atoms with Gasteiger partial charge in [-0.1, -0.05) is 113 Å². The molecule has 3 atom stereocenters. The molecule has 4 rings (SSSR count). The number of ether oxygens (including phenoxy) is 2. The van der Waals surface area contributed by atoms with Gasteiger partial charge in [0.15, 0.2) is 0 Å². The average Bonchev–Trinajstić information content (AvgIpc) is 3.14. The number of piperazine rings is 1. The summed E-state index contributed by atoms with van der Waals surface area (Å²) in [5.41, 5.74) is 2.62. The number of hydrogen-bond donors (Lipinski definition) is 3. The van der Waals surface area contributed by atoms with Crippen LogP contribution in [0.25, 0.3) is 0 Å². The first-order chi connectivity index (χ1) is 23.8. The third-order valence-electron chi connectivity index (χ3n) is 7.22. The van der Waals surface area contributed by atoms with Crippen molar-refractivity contribution in [3.63, 3.8) is 0 Å². The molecule has 2 saturated heterocycles. The standard InChI is InChI=1S/C15H21NO2.C10H15N.C7H14N2O2.C4H8Br2.CO2/c1-2-18-15(17)14-10-6-7-11-16(14)12-13-8-4-3-5-9-13;1-2-8-11-9-10-6-4-3-5-7-10;1-2-11-7(10)6-5-8-3-4-9-6;1-2-4(6)3-5;2-1-3/h3-5,8-9,14H,2,6-7,10-12H2,1H3;3-7,11H,2,8-9H2,1H3;6,8-9H,2-5H2,1H3;4H,2-3H2,1H3;. The summed E-state index contributed by atoms with van der Waals surface area (Å²) < 4.78 is 10.0. The van der Waals surface area contributed by atoms with Crippen LogP contribution in [0.3, 0.4) is 0 Å². The zero-order valence-electron chi connectivity index (χ0n) is 29.8. The molecular formula is C37H58Br2N4O6. The number of alkyl halides is 2. The maximum atomic E-state index is 11.9. The molecule has 2 aliphatic heterocycles. The van der Waals surface area contributed by atoms with Crippen molar-refractivity contribution in [1.29, 1.82) is 0 Å². The lowest BCUT2D eigenvalue weighted by molar-refractivity contribution is -0.191. The number of benzene rings is 2. The van der Waals surface area contributed by atoms with Crippen LogP contribution in [-0.2, 0) is 41.7 Å². The summed E-state index contributed by atoms with van der Waals surface area (Å²) in [5, 5.41) is 10.6. The lowest BCUT2D eigenvalue weighted by Crippen LogP contribution is -2.52. The first-order valence-corrected chi connectivity index (χ1v) is 19.3. The molecule has 2 heterocycles. The summed E-state index contributed by atoms with van der Waals surface area (Å²) in [6.45, 7) is 15.3. The van der Waals surface area contributed by atoms with Crippen LogP contribution >= 0.6 is 31.9 Å². The van der Waals surface area contributed by atoms with E-state index in [1.54, 1.807) is 0 Å². The van der Waals surface area contributed by atoms with Gasteiger partial charge in [-0.25, -0.2) is 0 Å². The Morgan fingerprint density at radius 3 is 2.00 bits per heavy atom. The molecule has 2 aromatic carbocycles. The van der Waals surface area contributed by atoms with Crippen LogP contribution in [0.5, 0.6) is 0 Å². The van der Waals surface area contributed by atoms with Crippen molar-refractivity contribution >= 4 is 49.9 Å². The Labute approximate surface area is 311 Å². The van der Waals surface area contributed by atoms with Gasteiger partial charge in [-0.2, -0.15) is 9.59 Å². The predicted molar refractivity (Wildman–Crippen MR) is 203 cm³/mol. The number of rotatable bonds is 12. The van der Waals surface area contributed by atoms with E-state index in [1.165, 1.54) is 30.4 Å². The maximum Gasteiger partial charge on any atom is 0.373 e. The highest BCUT2D eigenvalue weighted by molar-refractivity contribution is 9.12. The summed E-state index contributed by atoms with van der Waals surface area (Å²) >= 11 is 6.76. The second kappa shape index (κ2) is 32.7. The van der Waals surface area contributed by atoms with Gasteiger partial charge in [0.25, 0.3) is 0 Å². The fourth-order valence-electron chi connectivity index (χ4n) is 4.68. The van der Waals surface area contributed by atoms with Crippen LogP contribution < -0.4 is 16.0 Å². The lowest BCUT2D eigenvalue weighted by Gasteiger charge is -2.33. The third-order valence-corrected chi connectivity index (χ3v) is 9.84. The molecule has 0 aromatic heterocycles. The molecule has 0 spiro atoms. The highest BCUT2D eigenvalue weighted by Crippen LogP contribution is 2.20. The Balaban J connectivity index is 0.000000649. The van der Waals surface area contributed by atoms with Gasteiger partial charge in [0.1, 0.15) is 12.1 Å². The molecule has 2 fully saturated rings. The molecule has 10 nitrogen and oxygen atoms in total. The van der Waals surface area contributed by atoms with Gasteiger partial charge < -0.3 is 25.4 Å². The minimum absolute atomic E-state index is 0.0566. The highest BCUT2D eigenvalue weighted by atomic mass is 79.9. The van der Waals surface area contributed by atoms with E-state index in [1.807, 2.05) is 38.1 Å². The Kier molecular flexibility index (Phi) is 31.1. The zero-order valence-corrected chi connectivity index (χ0v) is 32.9. The van der Waals surface area contributed by atoms with Crippen LogP contribution in [0.1, 0.15) is 70.9 Å². The summed E-state index contributed by atoms with van der Waals surface area (Å²) in [6.07, 6.45) is 5.86. The Bertz CT molecular complexity index is 1100. The monoisotopic (exact) mass is 812 g/mol. The molecule has 0 amide bonds. The van der Waals surface area contributed by atoms with Gasteiger partial charge in [-0.3, -0.25) is 14.5 Å². The smallest absolute Gasteiger partial charge is 0.373 e. The lowest BCUT2D eigenvalue weighted by atomic mass is 10.0. The van der Waals surface area contributed by atoms with Crippen molar-refractivity contribution in [2.75, 3.05) is 51.3 Å². The summed E-state index contributed by atoms with van der Waals surface area (Å²) in [7, 11) is 0. The molecule has 0 radical (unpaired) electrons. The summed E-state index contributed by atoms with van der Waals surface area (Å²) in [4.78, 5) is 42.2. The van der Waals surface area contributed by atoms with Crippen molar-refractivity contribution in [1.82, 2.24) is 20.9 Å². The van der Waals surface area contributed by atoms with Crippen molar-refractivity contribution in [3.05, 3.63) is 71.8 Å². The topological polar surface area (TPSA) is 126 Å². The Morgan fingerprint density at radius 2 is 1.51 bits per heavy atom. The number of nitrogens with one attached hydrogen (secondary N) is 3. The van der Waals surface area contributed by atoms with Crippen LogP contribution in [0.15, 0.2) is 60.7 Å². The van der Waals surface area contributed by atoms with Crippen LogP contribution in [-0.4, -0.2) is 91.2 Å². The summed E-state index contributed by atoms with van der Waals surface area (Å²) in [5.74, 6) is -0.215. The Morgan fingerprint density at radius 1 is 0.918 bits per heavy atom. The van der Waals surface area contributed by atoms with Gasteiger partial charge in [-0.15, -0.1) is 0 Å². The fourth-order valence-corrected chi connectivity index (χ4v) is 5.14. The number of halogens is 2. The van der Waals surface area contributed by atoms with E-state index in [0.717, 1.165) is 57.4 Å². The molecule has 2 aromatic rings. The predicted octanol–water partition coefficient (Wildman–Crippen LogP) is 5.87. The molecule has 12 heteroatoms. The van der Waals surface area contributed by atoms with Crippen LogP contribution in [0.2, 0.25) is 0 Å². The molecule has 49 heavy (non-hydrogen) atoms. The number of carbonyl (C=O) groups is 2. The molecular weight excluding hydrogens is 756 g/mol. The van der Waals surface area contributed by atoms with Gasteiger partial charge in [0.2, 0.25) is 0 Å². The largest absolute Gasteiger partial charge is 0.465 e. The van der Waals surface area contributed by atoms with E-state index in [4.69, 9.17) is 19.1 Å². The van der Waals surface area contributed by atoms with Gasteiger partial charge in [-0.05, 0) is 63.7 Å². The summed E-state index contributed by atoms with van der Waals surface area (Å²) in [6, 6.07) is 20.6. The minimum atomic E-state index is -0.153. The molecule has 0 saturated carbocycles. The number of piperidine rings is 1. The number of hydrogen-bond acceptors (Lipinski definition) is 10. The number of esters is 2. The van der Waals surface area contributed by atoms with Crippen molar-refractivity contribution in [2.45, 2.75) is 89.8 Å². The van der Waals surface area contributed by atoms with E-state index in [0.29, 0.717) is 24.6 Å². The first-order valence-electron chi connectivity index (χ1n) is 17.3. The third kappa shape index (κ3) is 24.4. The second-order valence-corrected chi connectivity index (χ2v) is 13.0. The second-order valence-electron chi connectivity index (χ2n) is 11.1. The van der Waals surface area contributed by atoms with E-state index < -0.39 is 0 Å². The van der Waals surface area contributed by atoms with Crippen molar-refractivity contribution < 1.29 is 28.7 Å². The normalized spacial score (nSPS) is 17.3. The maximum absolute atomic E-state index is 11.9. The first kappa shape index (κ1) is 46.6. The average molecular weight is 815 g/mol. The molecule has 0 aliphatic carbocycles. The molecule has 0 bridgehead atoms. The molecule has 2 aliphatic rings. The van der Waals surface area contributed by atoms with Crippen molar-refractivity contribution in [3.8, 4) is 0 Å². The van der Waals surface area contributed by atoms with E-state index in [-0.39, 0.29) is 30.2 Å². The van der Waals surface area contributed by atoms with E-state index in [2.05, 4.69) is 103 Å². The Hall–Kier alpha value is -2.44. The van der Waals surface area contributed by atoms with E-state index in [9.17, 15) is 9.59 Å². The van der Waals surface area contributed by atoms with E-state index >= 15 is 0 Å². The molecule has 276 valence electrons. The zero-order chi connectivity index (χ0) is 36.5. The fraction of sp³-hybridized carbons (Fsp3) is 0.595. The van der Waals surface area contributed by atoms with Crippen LogP contribution in [0.4, 0.5) is 0 Å². The quantitative estimate of drug-likeness (QED) is 0.136. The SMILES string of the molecule is CCC(Br)CBr.CCCNCc1ccccc1.CCOC(=O)C1CCCCN1Cc1ccccc1.CCOC(=O)C1CNCCN1.O=C=O. The molecule has 3 unspecified atom stereocenters. The van der Waals surface area contributed by atoms with Crippen molar-refractivity contribution in [2.24, 2.45) is 0 Å². The van der Waals surface area contributed by atoms with Gasteiger partial charge in [0, 0.05) is 42.9 Å². The van der Waals surface area contributed by atoms with Gasteiger partial charge in [0.05, 0.1) is 13.2 Å². The number of nitrogens with zero attached hydrogens (tertiary/aromatic N) is 1. The highest BCUT2D eigenvalue weighted by Gasteiger charge is 2.29. The minimum Gasteiger partial charge on any atom is -0.465 e. The van der Waals surface area contributed by atoms with Gasteiger partial charge >= 0.3 is 18.1 Å². The number of likely N-dealkylation sites (tertiary alicyclic amines) is 1. The number of carbonyl (C=O) groups excluding carboxylic acids is 4. The molecule has 3 N–H and O–H groups in total. The van der Waals surface area contributed by atoms with Crippen LogP contribution in [0, 0.1) is 0 Å².